The number of benzene rings is 1. The van der Waals surface area contributed by atoms with Crippen molar-refractivity contribution in [2.24, 2.45) is 5.73 Å². The summed E-state index contributed by atoms with van der Waals surface area (Å²) in [6.45, 7) is 3.69. The summed E-state index contributed by atoms with van der Waals surface area (Å²) in [6, 6.07) is 5.15. The summed E-state index contributed by atoms with van der Waals surface area (Å²) < 4.78 is 18.3. The highest BCUT2D eigenvalue weighted by atomic mass is 16.7. The molecule has 2 aromatic heterocycles. The predicted octanol–water partition coefficient (Wildman–Crippen LogP) is 1.83. The first-order valence-corrected chi connectivity index (χ1v) is 10.5. The Labute approximate surface area is 182 Å². The van der Waals surface area contributed by atoms with Crippen LogP contribution in [0.25, 0.3) is 22.3 Å². The lowest BCUT2D eigenvalue weighted by molar-refractivity contribution is -0.172. The number of fused-ring (bicyclic) bond motifs is 5. The summed E-state index contributed by atoms with van der Waals surface area (Å²) in [4.78, 5) is 30.6. The average Bonchev–Trinajstić information content (AvgIpc) is 3.16. The first kappa shape index (κ1) is 19.3. The molecule has 0 amide bonds. The Morgan fingerprint density at radius 3 is 2.81 bits per heavy atom. The van der Waals surface area contributed by atoms with Crippen molar-refractivity contribution in [3.8, 4) is 22.9 Å². The lowest BCUT2D eigenvalue weighted by atomic mass is 9.86. The minimum atomic E-state index is -1.87. The van der Waals surface area contributed by atoms with Gasteiger partial charge in [-0.15, -0.1) is 0 Å². The van der Waals surface area contributed by atoms with Gasteiger partial charge in [-0.1, -0.05) is 13.0 Å². The maximum atomic E-state index is 13.4. The second kappa shape index (κ2) is 6.30. The molecule has 3 aliphatic heterocycles. The third-order valence-corrected chi connectivity index (χ3v) is 6.69. The molecule has 9 heteroatoms. The minimum Gasteiger partial charge on any atom is -0.458 e. The van der Waals surface area contributed by atoms with Crippen LogP contribution in [0.5, 0.6) is 11.5 Å². The normalized spacial score (nSPS) is 21.2. The molecule has 0 spiro atoms. The molecule has 3 aliphatic rings. The van der Waals surface area contributed by atoms with E-state index in [9.17, 15) is 14.7 Å². The van der Waals surface area contributed by atoms with Gasteiger partial charge in [-0.05, 0) is 31.0 Å². The number of nitrogens with zero attached hydrogens (tertiary/aromatic N) is 2. The van der Waals surface area contributed by atoms with Gasteiger partial charge in [0.25, 0.3) is 5.56 Å². The second-order valence-corrected chi connectivity index (χ2v) is 8.44. The van der Waals surface area contributed by atoms with Gasteiger partial charge in [-0.3, -0.25) is 4.79 Å². The van der Waals surface area contributed by atoms with Crippen LogP contribution in [0.15, 0.2) is 23.0 Å². The van der Waals surface area contributed by atoms with E-state index in [4.69, 9.17) is 24.9 Å². The first-order chi connectivity index (χ1) is 15.3. The van der Waals surface area contributed by atoms with Gasteiger partial charge < -0.3 is 29.6 Å². The molecule has 2 atom stereocenters. The van der Waals surface area contributed by atoms with Gasteiger partial charge in [0.2, 0.25) is 6.79 Å². The van der Waals surface area contributed by atoms with E-state index >= 15 is 0 Å². The lowest BCUT2D eigenvalue weighted by Gasteiger charge is -2.31. The van der Waals surface area contributed by atoms with E-state index in [1.165, 1.54) is 0 Å². The Morgan fingerprint density at radius 2 is 2.06 bits per heavy atom. The number of hydrogen-bond donors (Lipinski definition) is 2. The number of nitrogens with two attached hydrogens (primary N) is 1. The quantitative estimate of drug-likeness (QED) is 0.457. The Balaban J connectivity index is 1.69. The van der Waals surface area contributed by atoms with Gasteiger partial charge in [0.1, 0.15) is 18.1 Å². The van der Waals surface area contributed by atoms with Crippen LogP contribution in [0.4, 0.5) is 0 Å². The molecule has 0 aliphatic carbocycles. The number of carbonyl (C=O) groups excluding carboxylic acids is 1. The number of carbonyl (C=O) groups is 1. The summed E-state index contributed by atoms with van der Waals surface area (Å²) in [7, 11) is 0. The number of pyridine rings is 2. The number of esters is 1. The molecule has 0 bridgehead atoms. The lowest BCUT2D eigenvalue weighted by Crippen LogP contribution is -2.44. The maximum absolute atomic E-state index is 13.4. The van der Waals surface area contributed by atoms with Crippen LogP contribution in [0, 0.1) is 0 Å². The highest BCUT2D eigenvalue weighted by molar-refractivity contribution is 5.98. The number of cyclic esters (lactones) is 1. The fraction of sp³-hybridized carbons (Fsp3) is 0.348. The monoisotopic (exact) mass is 435 g/mol. The molecule has 3 N–H and O–H groups in total. The van der Waals surface area contributed by atoms with Crippen LogP contribution >= 0.6 is 0 Å². The third-order valence-electron chi connectivity index (χ3n) is 6.69. The molecule has 0 saturated carbocycles. The Kier molecular flexibility index (Phi) is 3.80. The number of ether oxygens (including phenoxy) is 3. The summed E-state index contributed by atoms with van der Waals surface area (Å²) >= 11 is 0. The van der Waals surface area contributed by atoms with Crippen molar-refractivity contribution in [1.82, 2.24) is 9.55 Å². The van der Waals surface area contributed by atoms with E-state index in [0.29, 0.717) is 28.4 Å². The maximum Gasteiger partial charge on any atom is 0.343 e. The molecule has 32 heavy (non-hydrogen) atoms. The van der Waals surface area contributed by atoms with E-state index in [2.05, 4.69) is 0 Å². The first-order valence-electron chi connectivity index (χ1n) is 10.5. The standard InChI is InChI=1S/C23H21N3O6/c1-3-23(29)14-6-15-18-12(7-26(15)21(27)13(14)8-30-22(23)28)20-17-16(31-9-32-20)5-4-11(10(2)24)19(17)25-18/h4-6,10,29H,3,7-9,24H2,1-2H3/t10?,23-/m0/s1. The fourth-order valence-corrected chi connectivity index (χ4v) is 4.93. The molecule has 9 nitrogen and oxygen atoms in total. The molecule has 5 heterocycles. The second-order valence-electron chi connectivity index (χ2n) is 8.44. The fourth-order valence-electron chi connectivity index (χ4n) is 4.93. The van der Waals surface area contributed by atoms with E-state index < -0.39 is 11.6 Å². The molecular formula is C23H21N3O6. The Morgan fingerprint density at radius 1 is 1.25 bits per heavy atom. The number of aromatic nitrogens is 2. The average molecular weight is 435 g/mol. The molecule has 0 fully saturated rings. The molecule has 1 aromatic carbocycles. The van der Waals surface area contributed by atoms with E-state index in [1.54, 1.807) is 17.6 Å². The largest absolute Gasteiger partial charge is 0.458 e. The van der Waals surface area contributed by atoms with Crippen molar-refractivity contribution in [1.29, 1.82) is 0 Å². The third kappa shape index (κ3) is 2.27. The Bertz CT molecular complexity index is 1410. The van der Waals surface area contributed by atoms with Crippen molar-refractivity contribution in [3.63, 3.8) is 0 Å². The topological polar surface area (TPSA) is 126 Å². The summed E-state index contributed by atoms with van der Waals surface area (Å²) in [6.07, 6.45) is 0.0869. The van der Waals surface area contributed by atoms with Crippen LogP contribution in [-0.2, 0) is 28.3 Å². The number of aliphatic hydroxyl groups is 1. The molecule has 0 saturated heterocycles. The number of rotatable bonds is 2. The zero-order valence-electron chi connectivity index (χ0n) is 17.6. The van der Waals surface area contributed by atoms with Gasteiger partial charge in [-0.2, -0.15) is 0 Å². The van der Waals surface area contributed by atoms with Crippen LogP contribution < -0.4 is 20.8 Å². The van der Waals surface area contributed by atoms with Crippen LogP contribution in [0.2, 0.25) is 0 Å². The van der Waals surface area contributed by atoms with Crippen LogP contribution in [0.3, 0.4) is 0 Å². The van der Waals surface area contributed by atoms with Crippen LogP contribution in [-0.4, -0.2) is 27.4 Å². The van der Waals surface area contributed by atoms with Gasteiger partial charge >= 0.3 is 5.97 Å². The highest BCUT2D eigenvalue weighted by Gasteiger charge is 2.45. The van der Waals surface area contributed by atoms with Gasteiger partial charge in [0, 0.05) is 17.2 Å². The molecule has 1 unspecified atom stereocenters. The van der Waals surface area contributed by atoms with E-state index in [1.807, 2.05) is 19.1 Å². The van der Waals surface area contributed by atoms with Crippen LogP contribution in [0.1, 0.15) is 48.6 Å². The molecule has 164 valence electrons. The van der Waals surface area contributed by atoms with Gasteiger partial charge in [0.05, 0.1) is 34.4 Å². The SMILES string of the molecule is CC[C@@]1(O)C(=O)OCc2c1cc1n(c2=O)Cc2c-1nc1c(C(C)N)ccc3c1c2OCO3. The molecule has 6 rings (SSSR count). The van der Waals surface area contributed by atoms with Crippen molar-refractivity contribution in [3.05, 3.63) is 50.8 Å². The predicted molar refractivity (Wildman–Crippen MR) is 113 cm³/mol. The van der Waals surface area contributed by atoms with Crippen molar-refractivity contribution in [2.75, 3.05) is 6.79 Å². The van der Waals surface area contributed by atoms with Crippen molar-refractivity contribution in [2.45, 2.75) is 45.1 Å². The Hall–Kier alpha value is -3.43. The van der Waals surface area contributed by atoms with Gasteiger partial charge in [-0.25, -0.2) is 9.78 Å². The minimum absolute atomic E-state index is 0.0513. The molecular weight excluding hydrogens is 414 g/mol. The van der Waals surface area contributed by atoms with E-state index in [-0.39, 0.29) is 49.1 Å². The van der Waals surface area contributed by atoms with Gasteiger partial charge in [0.15, 0.2) is 5.60 Å². The van der Waals surface area contributed by atoms with E-state index in [0.717, 1.165) is 16.5 Å². The zero-order valence-corrected chi connectivity index (χ0v) is 17.6. The smallest absolute Gasteiger partial charge is 0.343 e. The van der Waals surface area contributed by atoms with Crippen molar-refractivity contribution >= 4 is 16.9 Å². The molecule has 0 radical (unpaired) electrons. The zero-order chi connectivity index (χ0) is 22.4. The summed E-state index contributed by atoms with van der Waals surface area (Å²) in [5, 5.41) is 11.8. The summed E-state index contributed by atoms with van der Waals surface area (Å²) in [5.41, 5.74) is 7.92. The number of hydrogen-bond acceptors (Lipinski definition) is 8. The van der Waals surface area contributed by atoms with Crippen molar-refractivity contribution < 1.29 is 24.1 Å². The highest BCUT2D eigenvalue weighted by Crippen LogP contribution is 2.47. The molecule has 3 aromatic rings. The summed E-state index contributed by atoms with van der Waals surface area (Å²) in [5.74, 6) is 0.525.